The van der Waals surface area contributed by atoms with Crippen molar-refractivity contribution in [2.75, 3.05) is 10.2 Å². The van der Waals surface area contributed by atoms with E-state index in [1.54, 1.807) is 17.2 Å². The van der Waals surface area contributed by atoms with Gasteiger partial charge in [-0.05, 0) is 68.1 Å². The molecule has 0 spiro atoms. The van der Waals surface area contributed by atoms with Gasteiger partial charge in [-0.15, -0.1) is 11.3 Å². The zero-order chi connectivity index (χ0) is 24.6. The van der Waals surface area contributed by atoms with Crippen molar-refractivity contribution in [2.45, 2.75) is 37.8 Å². The number of nitrogens with two attached hydrogens (primary N) is 1. The number of amides is 3. The maximum atomic E-state index is 13.3. The van der Waals surface area contributed by atoms with E-state index < -0.39 is 0 Å². The number of carbonyl (C=O) groups is 2. The van der Waals surface area contributed by atoms with Crippen LogP contribution in [0.25, 0.3) is 10.2 Å². The highest BCUT2D eigenvalue weighted by Crippen LogP contribution is 2.46. The Balaban J connectivity index is 1.29. The van der Waals surface area contributed by atoms with Crippen molar-refractivity contribution in [3.63, 3.8) is 0 Å². The van der Waals surface area contributed by atoms with Crippen LogP contribution >= 0.6 is 11.3 Å². The lowest BCUT2D eigenvalue weighted by Gasteiger charge is -2.29. The maximum Gasteiger partial charge on any atom is 0.331 e. The summed E-state index contributed by atoms with van der Waals surface area (Å²) in [4.78, 5) is 33.7. The van der Waals surface area contributed by atoms with Crippen LogP contribution in [0.3, 0.4) is 0 Å². The summed E-state index contributed by atoms with van der Waals surface area (Å²) in [7, 11) is 0. The summed E-state index contributed by atoms with van der Waals surface area (Å²) in [6, 6.07) is 18.6. The normalized spacial score (nSPS) is 19.1. The molecule has 2 aromatic carbocycles. The molecule has 1 saturated carbocycles. The summed E-state index contributed by atoms with van der Waals surface area (Å²) >= 11 is 1.29. The van der Waals surface area contributed by atoms with E-state index in [1.165, 1.54) is 11.3 Å². The molecule has 0 radical (unpaired) electrons. The molecule has 2 aliphatic rings. The molecule has 8 nitrogen and oxygen atoms in total. The van der Waals surface area contributed by atoms with Gasteiger partial charge in [0, 0.05) is 18.3 Å². The number of para-hydroxylation sites is 1. The minimum Gasteiger partial charge on any atom is -0.457 e. The van der Waals surface area contributed by atoms with Gasteiger partial charge in [-0.3, -0.25) is 9.69 Å². The maximum absolute atomic E-state index is 13.3. The number of thiophene rings is 1. The molecule has 4 aromatic rings. The van der Waals surface area contributed by atoms with Crippen molar-refractivity contribution in [3.05, 3.63) is 71.7 Å². The lowest BCUT2D eigenvalue weighted by atomic mass is 9.92. The van der Waals surface area contributed by atoms with Gasteiger partial charge in [0.15, 0.2) is 0 Å². The number of anilines is 3. The van der Waals surface area contributed by atoms with Gasteiger partial charge < -0.3 is 21.1 Å². The Morgan fingerprint density at radius 2 is 1.75 bits per heavy atom. The van der Waals surface area contributed by atoms with E-state index in [0.717, 1.165) is 36.8 Å². The SMILES string of the molecule is NC1CCC(NC(=O)c2sc3nccc4c3c2NC(=O)N4c2ccc(Oc3ccccc3)cc2)CC1. The second-order valence-electron chi connectivity index (χ2n) is 9.08. The highest BCUT2D eigenvalue weighted by atomic mass is 32.1. The standard InChI is InChI=1S/C27H25N5O3S/c28-16-6-8-17(9-7-16)30-25(33)24-23-22-21(14-15-29-26(22)36-24)32(27(34)31-23)18-10-12-20(13-11-18)35-19-4-2-1-3-5-19/h1-5,10-17H,6-9,28H2,(H,30,33)(H,31,34). The first-order chi connectivity index (χ1) is 17.6. The summed E-state index contributed by atoms with van der Waals surface area (Å²) < 4.78 is 5.88. The lowest BCUT2D eigenvalue weighted by Crippen LogP contribution is -2.40. The third-order valence-electron chi connectivity index (χ3n) is 6.63. The average molecular weight is 500 g/mol. The zero-order valence-corrected chi connectivity index (χ0v) is 20.3. The summed E-state index contributed by atoms with van der Waals surface area (Å²) in [6.45, 7) is 0. The fraction of sp³-hybridized carbons (Fsp3) is 0.222. The molecule has 9 heteroatoms. The number of aromatic nitrogens is 1. The fourth-order valence-electron chi connectivity index (χ4n) is 4.80. The van der Waals surface area contributed by atoms with Gasteiger partial charge in [-0.25, -0.2) is 9.78 Å². The van der Waals surface area contributed by atoms with Gasteiger partial charge in [0.05, 0.1) is 22.4 Å². The number of nitrogens with one attached hydrogen (secondary N) is 2. The second kappa shape index (κ2) is 9.25. The Kier molecular flexibility index (Phi) is 5.79. The number of carbonyl (C=O) groups excluding carboxylic acids is 2. The predicted molar refractivity (Wildman–Crippen MR) is 141 cm³/mol. The zero-order valence-electron chi connectivity index (χ0n) is 19.4. The Morgan fingerprint density at radius 1 is 1.03 bits per heavy atom. The van der Waals surface area contributed by atoms with Crippen molar-refractivity contribution in [1.82, 2.24) is 10.3 Å². The van der Waals surface area contributed by atoms with Gasteiger partial charge in [-0.2, -0.15) is 0 Å². The lowest BCUT2D eigenvalue weighted by molar-refractivity contribution is 0.0931. The molecule has 182 valence electrons. The van der Waals surface area contributed by atoms with Crippen molar-refractivity contribution in [3.8, 4) is 11.5 Å². The van der Waals surface area contributed by atoms with E-state index in [4.69, 9.17) is 10.5 Å². The van der Waals surface area contributed by atoms with Crippen LogP contribution in [0.1, 0.15) is 35.4 Å². The Labute approximate surface area is 212 Å². The van der Waals surface area contributed by atoms with Crippen LogP contribution < -0.4 is 26.0 Å². The number of hydrogen-bond acceptors (Lipinski definition) is 6. The van der Waals surface area contributed by atoms with Crippen LogP contribution in [0, 0.1) is 0 Å². The first-order valence-electron chi connectivity index (χ1n) is 12.0. The van der Waals surface area contributed by atoms with E-state index in [2.05, 4.69) is 15.6 Å². The highest BCUT2D eigenvalue weighted by Gasteiger charge is 2.33. The van der Waals surface area contributed by atoms with Crippen LogP contribution in [0.2, 0.25) is 0 Å². The number of benzene rings is 2. The minimum absolute atomic E-state index is 0.0922. The number of rotatable bonds is 5. The Bertz CT molecular complexity index is 1430. The number of ether oxygens (including phenoxy) is 1. The molecule has 1 fully saturated rings. The molecule has 1 aliphatic carbocycles. The third kappa shape index (κ3) is 4.16. The molecule has 1 aliphatic heterocycles. The van der Waals surface area contributed by atoms with E-state index in [1.807, 2.05) is 54.6 Å². The van der Waals surface area contributed by atoms with Crippen LogP contribution in [-0.2, 0) is 0 Å². The number of pyridine rings is 1. The van der Waals surface area contributed by atoms with Crippen LogP contribution in [0.4, 0.5) is 21.9 Å². The number of nitrogens with zero attached hydrogens (tertiary/aromatic N) is 2. The van der Waals surface area contributed by atoms with E-state index >= 15 is 0 Å². The first kappa shape index (κ1) is 22.5. The third-order valence-corrected chi connectivity index (χ3v) is 7.73. The van der Waals surface area contributed by atoms with E-state index in [9.17, 15) is 9.59 Å². The monoisotopic (exact) mass is 499 g/mol. The first-order valence-corrected chi connectivity index (χ1v) is 12.8. The topological polar surface area (TPSA) is 110 Å². The van der Waals surface area contributed by atoms with Crippen LogP contribution in [-0.4, -0.2) is 29.0 Å². The quantitative estimate of drug-likeness (QED) is 0.323. The fourth-order valence-corrected chi connectivity index (χ4v) is 5.83. The van der Waals surface area contributed by atoms with Crippen molar-refractivity contribution in [2.24, 2.45) is 5.73 Å². The number of hydrogen-bond donors (Lipinski definition) is 3. The summed E-state index contributed by atoms with van der Waals surface area (Å²) in [5, 5.41) is 6.84. The molecule has 0 bridgehead atoms. The number of urea groups is 1. The predicted octanol–water partition coefficient (Wildman–Crippen LogP) is 5.77. The van der Waals surface area contributed by atoms with Crippen LogP contribution in [0.5, 0.6) is 11.5 Å². The summed E-state index contributed by atoms with van der Waals surface area (Å²) in [6.07, 6.45) is 5.19. The molecule has 3 amide bonds. The second-order valence-corrected chi connectivity index (χ2v) is 10.1. The Morgan fingerprint density at radius 3 is 2.50 bits per heavy atom. The molecule has 3 heterocycles. The smallest absolute Gasteiger partial charge is 0.331 e. The van der Waals surface area contributed by atoms with E-state index in [0.29, 0.717) is 32.5 Å². The molecule has 4 N–H and O–H groups in total. The molecule has 2 aromatic heterocycles. The molecule has 6 rings (SSSR count). The average Bonchev–Trinajstić information content (AvgIpc) is 3.26. The van der Waals surface area contributed by atoms with Gasteiger partial charge in [-0.1, -0.05) is 18.2 Å². The Hall–Kier alpha value is -3.95. The van der Waals surface area contributed by atoms with Gasteiger partial charge in [0.1, 0.15) is 21.2 Å². The van der Waals surface area contributed by atoms with Crippen molar-refractivity contribution in [1.29, 1.82) is 0 Å². The highest BCUT2D eigenvalue weighted by molar-refractivity contribution is 7.21. The molecule has 0 unspecified atom stereocenters. The summed E-state index contributed by atoms with van der Waals surface area (Å²) in [5.41, 5.74) is 7.89. The van der Waals surface area contributed by atoms with Gasteiger partial charge in [0.25, 0.3) is 5.91 Å². The summed E-state index contributed by atoms with van der Waals surface area (Å²) in [5.74, 6) is 1.22. The molecular weight excluding hydrogens is 474 g/mol. The molecule has 0 atom stereocenters. The van der Waals surface area contributed by atoms with Gasteiger partial charge in [0.2, 0.25) is 0 Å². The molecule has 0 saturated heterocycles. The van der Waals surface area contributed by atoms with Crippen molar-refractivity contribution < 1.29 is 14.3 Å². The molecule has 36 heavy (non-hydrogen) atoms. The molecular formula is C27H25N5O3S. The minimum atomic E-state index is -0.331. The largest absolute Gasteiger partial charge is 0.457 e. The van der Waals surface area contributed by atoms with E-state index in [-0.39, 0.29) is 24.0 Å². The van der Waals surface area contributed by atoms with Crippen LogP contribution in [0.15, 0.2) is 66.9 Å². The van der Waals surface area contributed by atoms with Crippen molar-refractivity contribution >= 4 is 50.6 Å². The van der Waals surface area contributed by atoms with Gasteiger partial charge >= 0.3 is 6.03 Å².